The van der Waals surface area contributed by atoms with Gasteiger partial charge in [-0.1, -0.05) is 0 Å². The lowest BCUT2D eigenvalue weighted by molar-refractivity contribution is -0.703. The normalized spacial score (nSPS) is 8.85. The molecule has 0 atom stereocenters. The fourth-order valence-electron chi connectivity index (χ4n) is 1.12. The molecule has 6 heteroatoms. The number of rotatable bonds is 1. The standard InChI is InChI=1S/C7H12N2.NO3/c1-4-9-6(2)5-8-7(9)3;2-1(3)4/h5H,4H2,1-3H3;/q;-1/p+1. The van der Waals surface area contributed by atoms with Crippen molar-refractivity contribution in [3.8, 4) is 0 Å². The molecule has 74 valence electrons. The van der Waals surface area contributed by atoms with Gasteiger partial charge in [0.05, 0.1) is 11.6 Å². The number of hydrogen-bond donors (Lipinski definition) is 1. The first-order chi connectivity index (χ1) is 5.99. The molecule has 0 unspecified atom stereocenters. The smallest absolute Gasteiger partial charge is 0.251 e. The number of nitrogens with zero attached hydrogens (tertiary/aromatic N) is 2. The highest BCUT2D eigenvalue weighted by Gasteiger charge is 2.05. The lowest BCUT2D eigenvalue weighted by Crippen LogP contribution is -2.36. The van der Waals surface area contributed by atoms with Crippen LogP contribution in [-0.2, 0) is 6.54 Å². The molecule has 0 spiro atoms. The minimum absolute atomic E-state index is 1.06. The molecule has 1 N–H and O–H groups in total. The van der Waals surface area contributed by atoms with Crippen molar-refractivity contribution in [2.45, 2.75) is 27.3 Å². The number of hydrogen-bond acceptors (Lipinski definition) is 3. The molecule has 0 aliphatic heterocycles. The van der Waals surface area contributed by atoms with Crippen molar-refractivity contribution in [2.24, 2.45) is 0 Å². The highest BCUT2D eigenvalue weighted by atomic mass is 16.9. The van der Waals surface area contributed by atoms with Gasteiger partial charge in [-0.25, -0.2) is 9.55 Å². The Morgan fingerprint density at radius 3 is 2.15 bits per heavy atom. The largest absolute Gasteiger partial charge is 0.356 e. The predicted molar refractivity (Wildman–Crippen MR) is 46.5 cm³/mol. The zero-order valence-corrected chi connectivity index (χ0v) is 7.90. The second-order valence-electron chi connectivity index (χ2n) is 2.48. The second kappa shape index (κ2) is 5.13. The van der Waals surface area contributed by atoms with Gasteiger partial charge in [0.25, 0.3) is 5.82 Å². The van der Waals surface area contributed by atoms with Gasteiger partial charge in [-0.2, -0.15) is 0 Å². The summed E-state index contributed by atoms with van der Waals surface area (Å²) >= 11 is 0. The Labute approximate surface area is 75.9 Å². The lowest BCUT2D eigenvalue weighted by Gasteiger charge is -1.91. The summed E-state index contributed by atoms with van der Waals surface area (Å²) in [7, 11) is 0. The van der Waals surface area contributed by atoms with Gasteiger partial charge < -0.3 is 15.3 Å². The lowest BCUT2D eigenvalue weighted by atomic mass is 10.5. The number of imidazole rings is 1. The van der Waals surface area contributed by atoms with Crippen molar-refractivity contribution in [1.29, 1.82) is 0 Å². The van der Waals surface area contributed by atoms with Crippen LogP contribution in [0.15, 0.2) is 6.20 Å². The summed E-state index contributed by atoms with van der Waals surface area (Å²) < 4.78 is 2.24. The summed E-state index contributed by atoms with van der Waals surface area (Å²) in [6, 6.07) is 0. The Bertz CT molecular complexity index is 259. The second-order valence-corrected chi connectivity index (χ2v) is 2.48. The van der Waals surface area contributed by atoms with E-state index in [0.717, 1.165) is 6.54 Å². The summed E-state index contributed by atoms with van der Waals surface area (Å²) in [4.78, 5) is 11.4. The Balaban J connectivity index is 0.000000310. The van der Waals surface area contributed by atoms with E-state index < -0.39 is 5.09 Å². The van der Waals surface area contributed by atoms with Crippen LogP contribution in [0.5, 0.6) is 0 Å². The first-order valence-corrected chi connectivity index (χ1v) is 3.85. The van der Waals surface area contributed by atoms with Gasteiger partial charge in [0.1, 0.15) is 11.9 Å². The molecule has 0 aromatic carbocycles. The molecule has 1 rings (SSSR count). The van der Waals surface area contributed by atoms with E-state index >= 15 is 0 Å². The van der Waals surface area contributed by atoms with Crippen LogP contribution in [0, 0.1) is 29.2 Å². The van der Waals surface area contributed by atoms with Crippen LogP contribution in [0.25, 0.3) is 0 Å². The molecule has 0 saturated heterocycles. The minimum Gasteiger partial charge on any atom is -0.356 e. The van der Waals surface area contributed by atoms with Crippen molar-refractivity contribution in [1.82, 2.24) is 4.98 Å². The Morgan fingerprint density at radius 2 is 2.00 bits per heavy atom. The molecule has 0 amide bonds. The van der Waals surface area contributed by atoms with Gasteiger partial charge in [0.2, 0.25) is 0 Å². The van der Waals surface area contributed by atoms with Gasteiger partial charge in [0.15, 0.2) is 0 Å². The zero-order chi connectivity index (χ0) is 10.4. The number of aryl methyl sites for hydroxylation is 2. The quantitative estimate of drug-likeness (QED) is 0.399. The average molecular weight is 187 g/mol. The van der Waals surface area contributed by atoms with E-state index in [9.17, 15) is 0 Å². The van der Waals surface area contributed by atoms with E-state index in [0.29, 0.717) is 0 Å². The van der Waals surface area contributed by atoms with E-state index in [1.54, 1.807) is 0 Å². The summed E-state index contributed by atoms with van der Waals surface area (Å²) in [5.41, 5.74) is 1.30. The molecule has 0 aliphatic carbocycles. The van der Waals surface area contributed by atoms with E-state index in [2.05, 4.69) is 30.3 Å². The van der Waals surface area contributed by atoms with E-state index in [4.69, 9.17) is 15.3 Å². The van der Waals surface area contributed by atoms with E-state index in [-0.39, 0.29) is 0 Å². The molecule has 0 saturated carbocycles. The maximum Gasteiger partial charge on any atom is 0.251 e. The maximum atomic E-state index is 8.25. The zero-order valence-electron chi connectivity index (χ0n) is 7.90. The summed E-state index contributed by atoms with van der Waals surface area (Å²) in [5, 5.41) is 14.8. The third kappa shape index (κ3) is 4.09. The molecule has 0 bridgehead atoms. The van der Waals surface area contributed by atoms with Crippen LogP contribution < -0.4 is 4.57 Å². The number of H-pyrrole nitrogens is 1. The minimum atomic E-state index is -1.75. The highest BCUT2D eigenvalue weighted by molar-refractivity contribution is 4.85. The van der Waals surface area contributed by atoms with Crippen molar-refractivity contribution in [3.63, 3.8) is 0 Å². The van der Waals surface area contributed by atoms with Gasteiger partial charge in [-0.05, 0) is 6.92 Å². The molecule has 13 heavy (non-hydrogen) atoms. The third-order valence-corrected chi connectivity index (χ3v) is 1.64. The van der Waals surface area contributed by atoms with Gasteiger partial charge >= 0.3 is 0 Å². The molecule has 0 aliphatic rings. The van der Waals surface area contributed by atoms with Crippen molar-refractivity contribution < 1.29 is 9.65 Å². The first-order valence-electron chi connectivity index (χ1n) is 3.85. The summed E-state index contributed by atoms with van der Waals surface area (Å²) in [6.07, 6.45) is 2.03. The van der Waals surface area contributed by atoms with Crippen LogP contribution in [0.4, 0.5) is 0 Å². The molecule has 6 nitrogen and oxygen atoms in total. The fourth-order valence-corrected chi connectivity index (χ4v) is 1.12. The van der Waals surface area contributed by atoms with Crippen molar-refractivity contribution in [3.05, 3.63) is 33.0 Å². The average Bonchev–Trinajstić information content (AvgIpc) is 2.30. The number of aromatic nitrogens is 2. The number of aromatic amines is 1. The van der Waals surface area contributed by atoms with Crippen LogP contribution in [0.1, 0.15) is 18.4 Å². The Kier molecular flexibility index (Phi) is 4.50. The maximum absolute atomic E-state index is 8.25. The Morgan fingerprint density at radius 1 is 1.54 bits per heavy atom. The van der Waals surface area contributed by atoms with E-state index in [1.165, 1.54) is 11.5 Å². The van der Waals surface area contributed by atoms with Crippen LogP contribution in [0.2, 0.25) is 0 Å². The van der Waals surface area contributed by atoms with E-state index in [1.807, 2.05) is 6.20 Å². The Hall–Kier alpha value is -1.59. The fraction of sp³-hybridized carbons (Fsp3) is 0.571. The van der Waals surface area contributed by atoms with Crippen LogP contribution in [-0.4, -0.2) is 10.1 Å². The van der Waals surface area contributed by atoms with Crippen LogP contribution >= 0.6 is 0 Å². The predicted octanol–water partition coefficient (Wildman–Crippen LogP) is 0.700. The first kappa shape index (κ1) is 11.4. The number of nitrogens with one attached hydrogen (secondary N) is 1. The molecule has 1 aromatic rings. The van der Waals surface area contributed by atoms with Gasteiger partial charge in [-0.15, -0.1) is 0 Å². The van der Waals surface area contributed by atoms with Crippen LogP contribution in [0.3, 0.4) is 0 Å². The van der Waals surface area contributed by atoms with Crippen molar-refractivity contribution >= 4 is 0 Å². The molecule has 0 fully saturated rings. The highest BCUT2D eigenvalue weighted by Crippen LogP contribution is 1.88. The summed E-state index contributed by atoms with van der Waals surface area (Å²) in [5.74, 6) is 1.23. The molecule has 1 heterocycles. The third-order valence-electron chi connectivity index (χ3n) is 1.64. The van der Waals surface area contributed by atoms with Crippen molar-refractivity contribution in [2.75, 3.05) is 0 Å². The van der Waals surface area contributed by atoms with Gasteiger partial charge in [0, 0.05) is 13.8 Å². The SMILES string of the molecule is CC[n+]1c(C)c[nH]c1C.O=[N+]([O-])[O-]. The topological polar surface area (TPSA) is 85.9 Å². The monoisotopic (exact) mass is 187 g/mol. The molecule has 0 radical (unpaired) electrons. The molecular formula is C7H13N3O3. The molecule has 1 aromatic heterocycles. The van der Waals surface area contributed by atoms with Gasteiger partial charge in [-0.3, -0.25) is 0 Å². The summed E-state index contributed by atoms with van der Waals surface area (Å²) in [6.45, 7) is 7.39. The molecular weight excluding hydrogens is 174 g/mol.